The molecule has 0 bridgehead atoms. The van der Waals surface area contributed by atoms with Gasteiger partial charge in [0.15, 0.2) is 0 Å². The first-order chi connectivity index (χ1) is 29.2. The van der Waals surface area contributed by atoms with Crippen LogP contribution in [0, 0.1) is 0 Å². The number of benzene rings is 2. The van der Waals surface area contributed by atoms with Crippen molar-refractivity contribution in [3.8, 4) is 0 Å². The molecule has 1 aromatic heterocycles. The Balaban J connectivity index is 0.00000187. The van der Waals surface area contributed by atoms with Gasteiger partial charge in [-0.2, -0.15) is 0 Å². The van der Waals surface area contributed by atoms with Gasteiger partial charge < -0.3 is 37.2 Å². The van der Waals surface area contributed by atoms with Gasteiger partial charge in [-0.15, -0.1) is 0 Å². The van der Waals surface area contributed by atoms with E-state index in [2.05, 4.69) is 36.7 Å². The standard InChI is InChI=1S/C55H74ClN3.3ClH.Fe/c56-47-35-48(37-57-54-50(41-23-11-3-12-24-41)31-45(39-19-7-1-8-20-39)32-51(54)42-25-13-4-14-26-42)59-49(36-47)38-58-55-52(43-27-15-5-16-28-43)33-46(40-21-9-2-10-22-40)34-53(55)44-29-17-6-18-30-44;;;;/h31-44H,1-30H2;3*1H;/q;;;;+3/p-3. The second kappa shape index (κ2) is 26.2. The Morgan fingerprint density at radius 3 is 0.857 bits per heavy atom. The first-order valence-electron chi connectivity index (χ1n) is 25.3. The topological polar surface area (TPSA) is 37.6 Å². The second-order valence-corrected chi connectivity index (χ2v) is 20.7. The molecule has 6 fully saturated rings. The smallest absolute Gasteiger partial charge is 1.00 e. The van der Waals surface area contributed by atoms with Gasteiger partial charge in [-0.3, -0.25) is 9.98 Å². The van der Waals surface area contributed by atoms with Crippen LogP contribution in [0.25, 0.3) is 0 Å². The third-order valence-electron chi connectivity index (χ3n) is 16.2. The molecular weight excluding hydrogens is 900 g/mol. The van der Waals surface area contributed by atoms with E-state index in [4.69, 9.17) is 26.6 Å². The van der Waals surface area contributed by atoms with Crippen molar-refractivity contribution in [3.63, 3.8) is 0 Å². The van der Waals surface area contributed by atoms with E-state index in [0.717, 1.165) is 11.4 Å². The van der Waals surface area contributed by atoms with E-state index < -0.39 is 0 Å². The van der Waals surface area contributed by atoms with Crippen molar-refractivity contribution < 1.29 is 54.3 Å². The summed E-state index contributed by atoms with van der Waals surface area (Å²) in [4.78, 5) is 16.3. The summed E-state index contributed by atoms with van der Waals surface area (Å²) in [6, 6.07) is 14.6. The van der Waals surface area contributed by atoms with Crippen molar-refractivity contribution in [3.05, 3.63) is 86.2 Å². The molecule has 8 heteroatoms. The van der Waals surface area contributed by atoms with E-state index in [0.29, 0.717) is 40.5 Å². The van der Waals surface area contributed by atoms with E-state index in [1.54, 1.807) is 11.1 Å². The molecular formula is C55H74Cl4FeN3. The Bertz CT molecular complexity index is 1700. The molecule has 3 aromatic rings. The maximum atomic E-state index is 6.98. The van der Waals surface area contributed by atoms with Crippen molar-refractivity contribution >= 4 is 35.4 Å². The molecule has 6 aliphatic carbocycles. The summed E-state index contributed by atoms with van der Waals surface area (Å²) in [7, 11) is 0. The molecule has 0 amide bonds. The fourth-order valence-corrected chi connectivity index (χ4v) is 13.1. The first-order valence-corrected chi connectivity index (χ1v) is 25.7. The minimum Gasteiger partial charge on any atom is -1.00 e. The van der Waals surface area contributed by atoms with E-state index in [1.807, 2.05) is 12.1 Å². The summed E-state index contributed by atoms with van der Waals surface area (Å²) in [5.41, 5.74) is 13.6. The van der Waals surface area contributed by atoms with E-state index >= 15 is 0 Å². The van der Waals surface area contributed by atoms with Gasteiger partial charge in [0.2, 0.25) is 0 Å². The summed E-state index contributed by atoms with van der Waals surface area (Å²) < 4.78 is 0. The number of pyridine rings is 1. The van der Waals surface area contributed by atoms with Crippen molar-refractivity contribution in [2.45, 2.75) is 228 Å². The quantitative estimate of drug-likeness (QED) is 0.149. The fourth-order valence-electron chi connectivity index (χ4n) is 12.9. The molecule has 3 nitrogen and oxygen atoms in total. The maximum absolute atomic E-state index is 6.98. The van der Waals surface area contributed by atoms with Crippen molar-refractivity contribution in [2.24, 2.45) is 9.98 Å². The minimum absolute atomic E-state index is 0. The number of halogens is 4. The fraction of sp³-hybridized carbons (Fsp3) is 0.655. The summed E-state index contributed by atoms with van der Waals surface area (Å²) >= 11 is 6.98. The maximum Gasteiger partial charge on any atom is 3.00 e. The third kappa shape index (κ3) is 13.4. The van der Waals surface area contributed by atoms with Gasteiger partial charge in [0.1, 0.15) is 0 Å². The van der Waals surface area contributed by atoms with Gasteiger partial charge in [-0.05, 0) is 158 Å². The van der Waals surface area contributed by atoms with Crippen LogP contribution >= 0.6 is 11.6 Å². The molecule has 6 aliphatic rings. The van der Waals surface area contributed by atoms with Gasteiger partial charge in [-0.1, -0.05) is 151 Å². The zero-order valence-electron chi connectivity index (χ0n) is 38.0. The molecule has 0 unspecified atom stereocenters. The van der Waals surface area contributed by atoms with Crippen LogP contribution in [-0.2, 0) is 17.1 Å². The monoisotopic (exact) mass is 972 g/mol. The Morgan fingerprint density at radius 1 is 0.365 bits per heavy atom. The molecule has 1 radical (unpaired) electrons. The van der Waals surface area contributed by atoms with Gasteiger partial charge in [0, 0.05) is 5.02 Å². The SMILES string of the molecule is Clc1cc(C=Nc2c(C3CCCCC3)cc(C3CCCCC3)cc2C2CCCCC2)nc(C=Nc2c(C3CCCCC3)cc(C3CCCCC3)cc2C2CCCCC2)c1.[Cl-].[Cl-].[Cl-].[Fe+3]. The van der Waals surface area contributed by atoms with Crippen molar-refractivity contribution in [1.82, 2.24) is 4.98 Å². The predicted molar refractivity (Wildman–Crippen MR) is 252 cm³/mol. The van der Waals surface area contributed by atoms with E-state index in [-0.39, 0.29) is 54.3 Å². The number of hydrogen-bond donors (Lipinski definition) is 0. The third-order valence-corrected chi connectivity index (χ3v) is 16.4. The van der Waals surface area contributed by atoms with Crippen LogP contribution in [0.1, 0.15) is 273 Å². The number of hydrogen-bond acceptors (Lipinski definition) is 3. The Morgan fingerprint density at radius 2 is 0.603 bits per heavy atom. The molecule has 0 N–H and O–H groups in total. The summed E-state index contributed by atoms with van der Waals surface area (Å²) in [5, 5.41) is 0.711. The van der Waals surface area contributed by atoms with Crippen LogP contribution in [-0.4, -0.2) is 17.4 Å². The molecule has 0 aliphatic heterocycles. The molecule has 1 heterocycles. The summed E-state index contributed by atoms with van der Waals surface area (Å²) in [6.07, 6.45) is 44.4. The largest absolute Gasteiger partial charge is 3.00 e. The summed E-state index contributed by atoms with van der Waals surface area (Å²) in [6.45, 7) is 0. The first kappa shape index (κ1) is 52.6. The molecule has 0 atom stereocenters. The molecule has 0 spiro atoms. The molecule has 0 saturated heterocycles. The van der Waals surface area contributed by atoms with Crippen LogP contribution < -0.4 is 37.2 Å². The van der Waals surface area contributed by atoms with Crippen molar-refractivity contribution in [2.75, 3.05) is 0 Å². The molecule has 9 rings (SSSR count). The zero-order valence-corrected chi connectivity index (χ0v) is 42.1. The van der Waals surface area contributed by atoms with Crippen LogP contribution in [0.5, 0.6) is 0 Å². The number of nitrogens with zero attached hydrogens (tertiary/aromatic N) is 3. The Hall–Kier alpha value is -1.39. The van der Waals surface area contributed by atoms with E-state index in [1.165, 1.54) is 226 Å². The minimum atomic E-state index is 0. The number of aromatic nitrogens is 1. The Labute approximate surface area is 416 Å². The Kier molecular flexibility index (Phi) is 21.9. The molecule has 6 saturated carbocycles. The summed E-state index contributed by atoms with van der Waals surface area (Å²) in [5.74, 6) is 3.86. The van der Waals surface area contributed by atoms with Gasteiger partial charge in [0.25, 0.3) is 0 Å². The average molecular weight is 975 g/mol. The molecule has 2 aromatic carbocycles. The van der Waals surface area contributed by atoms with Gasteiger partial charge >= 0.3 is 17.1 Å². The van der Waals surface area contributed by atoms with Gasteiger partial charge in [-0.25, -0.2) is 4.98 Å². The normalized spacial score (nSPS) is 21.7. The van der Waals surface area contributed by atoms with Crippen LogP contribution in [0.15, 0.2) is 46.4 Å². The second-order valence-electron chi connectivity index (χ2n) is 20.3. The zero-order chi connectivity index (χ0) is 39.8. The number of aliphatic imine (C=N–C) groups is 2. The van der Waals surface area contributed by atoms with Gasteiger partial charge in [0.05, 0.1) is 35.2 Å². The average Bonchev–Trinajstić information content (AvgIpc) is 3.31. The molecule has 63 heavy (non-hydrogen) atoms. The van der Waals surface area contributed by atoms with Crippen LogP contribution in [0.3, 0.4) is 0 Å². The molecule has 345 valence electrons. The van der Waals surface area contributed by atoms with Crippen LogP contribution in [0.2, 0.25) is 5.02 Å². The van der Waals surface area contributed by atoms with Crippen LogP contribution in [0.4, 0.5) is 11.4 Å². The predicted octanol–water partition coefficient (Wildman–Crippen LogP) is 8.53. The van der Waals surface area contributed by atoms with E-state index in [9.17, 15) is 0 Å². The number of rotatable bonds is 10. The van der Waals surface area contributed by atoms with Crippen molar-refractivity contribution in [1.29, 1.82) is 0 Å².